The zero-order valence-corrected chi connectivity index (χ0v) is 7.80. The van der Waals surface area contributed by atoms with Crippen molar-refractivity contribution < 1.29 is 19.7 Å². The van der Waals surface area contributed by atoms with Crippen LogP contribution in [0.25, 0.3) is 0 Å². The number of carbonyl (C=O) groups excluding carboxylic acids is 1. The number of rotatable bonds is 3. The molecule has 0 aromatic heterocycles. The van der Waals surface area contributed by atoms with E-state index in [4.69, 9.17) is 9.84 Å². The summed E-state index contributed by atoms with van der Waals surface area (Å²) in [5.74, 6) is -0.757. The molecule has 0 spiro atoms. The molecule has 1 rings (SSSR count). The second-order valence-electron chi connectivity index (χ2n) is 2.96. The molecule has 4 nitrogen and oxygen atoms in total. The Bertz CT molecular complexity index is 320. The van der Waals surface area contributed by atoms with E-state index in [1.807, 2.05) is 0 Å². The molecule has 0 heterocycles. The Hall–Kier alpha value is -1.55. The van der Waals surface area contributed by atoms with Crippen LogP contribution in [-0.2, 0) is 4.74 Å². The van der Waals surface area contributed by atoms with Crippen molar-refractivity contribution in [3.8, 4) is 5.75 Å². The molecule has 76 valence electrons. The van der Waals surface area contributed by atoms with Crippen LogP contribution in [0.5, 0.6) is 5.75 Å². The standard InChI is InChI=1S/C10H12O4/c1-7(11)6-14-10(13)8-4-2-3-5-9(8)12/h2-5,7,11-12H,6H2,1H3. The molecular weight excluding hydrogens is 184 g/mol. The summed E-state index contributed by atoms with van der Waals surface area (Å²) in [4.78, 5) is 11.3. The highest BCUT2D eigenvalue weighted by atomic mass is 16.5. The molecule has 1 aromatic carbocycles. The van der Waals surface area contributed by atoms with Crippen LogP contribution < -0.4 is 0 Å². The summed E-state index contributed by atoms with van der Waals surface area (Å²) in [5, 5.41) is 18.2. The van der Waals surface area contributed by atoms with Crippen LogP contribution in [0, 0.1) is 0 Å². The van der Waals surface area contributed by atoms with Crippen LogP contribution in [-0.4, -0.2) is 28.9 Å². The van der Waals surface area contributed by atoms with Gasteiger partial charge in [0.25, 0.3) is 0 Å². The Morgan fingerprint density at radius 1 is 1.50 bits per heavy atom. The Kier molecular flexibility index (Phi) is 3.48. The van der Waals surface area contributed by atoms with Gasteiger partial charge in [-0.2, -0.15) is 0 Å². The van der Waals surface area contributed by atoms with Crippen molar-refractivity contribution in [2.24, 2.45) is 0 Å². The molecule has 1 unspecified atom stereocenters. The highest BCUT2D eigenvalue weighted by molar-refractivity contribution is 5.92. The van der Waals surface area contributed by atoms with Crippen molar-refractivity contribution in [1.82, 2.24) is 0 Å². The molecule has 0 aliphatic rings. The lowest BCUT2D eigenvalue weighted by atomic mass is 10.2. The molecule has 0 bridgehead atoms. The van der Waals surface area contributed by atoms with E-state index in [0.29, 0.717) is 0 Å². The number of aliphatic hydroxyl groups excluding tert-OH is 1. The molecule has 0 saturated carbocycles. The fourth-order valence-electron chi connectivity index (χ4n) is 0.920. The number of hydrogen-bond acceptors (Lipinski definition) is 4. The minimum atomic E-state index is -0.704. The van der Waals surface area contributed by atoms with Crippen LogP contribution >= 0.6 is 0 Å². The van der Waals surface area contributed by atoms with E-state index in [9.17, 15) is 9.90 Å². The van der Waals surface area contributed by atoms with Crippen molar-refractivity contribution in [2.45, 2.75) is 13.0 Å². The fourth-order valence-corrected chi connectivity index (χ4v) is 0.920. The van der Waals surface area contributed by atoms with Gasteiger partial charge in [-0.1, -0.05) is 12.1 Å². The van der Waals surface area contributed by atoms with E-state index in [-0.39, 0.29) is 17.9 Å². The summed E-state index contributed by atoms with van der Waals surface area (Å²) >= 11 is 0. The number of carbonyl (C=O) groups is 1. The van der Waals surface area contributed by atoms with Crippen LogP contribution in [0.3, 0.4) is 0 Å². The van der Waals surface area contributed by atoms with Crippen LogP contribution in [0.4, 0.5) is 0 Å². The van der Waals surface area contributed by atoms with Gasteiger partial charge in [0.15, 0.2) is 0 Å². The summed E-state index contributed by atoms with van der Waals surface area (Å²) in [5.41, 5.74) is 0.105. The Morgan fingerprint density at radius 3 is 2.71 bits per heavy atom. The van der Waals surface area contributed by atoms with Gasteiger partial charge in [-0.3, -0.25) is 0 Å². The number of hydrogen-bond donors (Lipinski definition) is 2. The average molecular weight is 196 g/mol. The maximum atomic E-state index is 11.3. The topological polar surface area (TPSA) is 66.8 Å². The summed E-state index contributed by atoms with van der Waals surface area (Å²) in [6, 6.07) is 6.10. The molecule has 0 saturated heterocycles. The van der Waals surface area contributed by atoms with Crippen LogP contribution in [0.2, 0.25) is 0 Å². The lowest BCUT2D eigenvalue weighted by molar-refractivity contribution is 0.0293. The molecule has 0 aliphatic carbocycles. The summed E-state index contributed by atoms with van der Waals surface area (Å²) < 4.78 is 4.72. The summed E-state index contributed by atoms with van der Waals surface area (Å²) in [6.07, 6.45) is -0.704. The molecule has 0 amide bonds. The molecule has 0 aliphatic heterocycles. The first-order valence-corrected chi connectivity index (χ1v) is 4.24. The predicted molar refractivity (Wildman–Crippen MR) is 50.1 cm³/mol. The van der Waals surface area contributed by atoms with Gasteiger partial charge in [-0.25, -0.2) is 4.79 Å². The quantitative estimate of drug-likeness (QED) is 0.706. The fraction of sp³-hybridized carbons (Fsp3) is 0.300. The smallest absolute Gasteiger partial charge is 0.342 e. The molecule has 4 heteroatoms. The number of para-hydroxylation sites is 1. The third-order valence-corrected chi connectivity index (χ3v) is 1.58. The molecule has 0 radical (unpaired) electrons. The van der Waals surface area contributed by atoms with Crippen molar-refractivity contribution in [3.63, 3.8) is 0 Å². The molecule has 1 atom stereocenters. The summed E-state index contributed by atoms with van der Waals surface area (Å²) in [7, 11) is 0. The van der Waals surface area contributed by atoms with Gasteiger partial charge < -0.3 is 14.9 Å². The number of aliphatic hydroxyl groups is 1. The van der Waals surface area contributed by atoms with E-state index >= 15 is 0 Å². The van der Waals surface area contributed by atoms with Gasteiger partial charge >= 0.3 is 5.97 Å². The SMILES string of the molecule is CC(O)COC(=O)c1ccccc1O. The van der Waals surface area contributed by atoms with Crippen molar-refractivity contribution in [3.05, 3.63) is 29.8 Å². The van der Waals surface area contributed by atoms with Gasteiger partial charge in [0.2, 0.25) is 0 Å². The monoisotopic (exact) mass is 196 g/mol. The van der Waals surface area contributed by atoms with Crippen LogP contribution in [0.15, 0.2) is 24.3 Å². The lowest BCUT2D eigenvalue weighted by Crippen LogP contribution is -2.15. The minimum Gasteiger partial charge on any atom is -0.507 e. The number of ether oxygens (including phenoxy) is 1. The zero-order valence-electron chi connectivity index (χ0n) is 7.80. The van der Waals surface area contributed by atoms with E-state index in [1.165, 1.54) is 19.1 Å². The van der Waals surface area contributed by atoms with Gasteiger partial charge in [-0.15, -0.1) is 0 Å². The van der Waals surface area contributed by atoms with Crippen molar-refractivity contribution in [2.75, 3.05) is 6.61 Å². The zero-order chi connectivity index (χ0) is 10.6. The maximum Gasteiger partial charge on any atom is 0.342 e. The first-order chi connectivity index (χ1) is 6.61. The molecular formula is C10H12O4. The molecule has 14 heavy (non-hydrogen) atoms. The van der Waals surface area contributed by atoms with Crippen molar-refractivity contribution >= 4 is 5.97 Å². The molecule has 0 fully saturated rings. The van der Waals surface area contributed by atoms with Gasteiger partial charge in [0.05, 0.1) is 6.10 Å². The van der Waals surface area contributed by atoms with E-state index < -0.39 is 12.1 Å². The highest BCUT2D eigenvalue weighted by Gasteiger charge is 2.11. The third kappa shape index (κ3) is 2.74. The third-order valence-electron chi connectivity index (χ3n) is 1.58. The highest BCUT2D eigenvalue weighted by Crippen LogP contribution is 2.16. The average Bonchev–Trinajstić information content (AvgIpc) is 2.15. The van der Waals surface area contributed by atoms with Gasteiger partial charge in [0.1, 0.15) is 17.9 Å². The summed E-state index contributed by atoms with van der Waals surface area (Å²) in [6.45, 7) is 1.44. The number of phenolic OH excluding ortho intramolecular Hbond substituents is 1. The second-order valence-corrected chi connectivity index (χ2v) is 2.96. The minimum absolute atomic E-state index is 0.0762. The first kappa shape index (κ1) is 10.5. The first-order valence-electron chi connectivity index (χ1n) is 4.24. The Balaban J connectivity index is 2.65. The lowest BCUT2D eigenvalue weighted by Gasteiger charge is -2.07. The number of aromatic hydroxyl groups is 1. The van der Waals surface area contributed by atoms with E-state index in [1.54, 1.807) is 12.1 Å². The van der Waals surface area contributed by atoms with E-state index in [2.05, 4.69) is 0 Å². The molecule has 1 aromatic rings. The van der Waals surface area contributed by atoms with E-state index in [0.717, 1.165) is 0 Å². The normalized spacial score (nSPS) is 12.1. The predicted octanol–water partition coefficient (Wildman–Crippen LogP) is 0.930. The van der Waals surface area contributed by atoms with Gasteiger partial charge in [0, 0.05) is 0 Å². The second kappa shape index (κ2) is 4.62. The van der Waals surface area contributed by atoms with Crippen LogP contribution in [0.1, 0.15) is 17.3 Å². The Morgan fingerprint density at radius 2 is 2.14 bits per heavy atom. The number of esters is 1. The van der Waals surface area contributed by atoms with Gasteiger partial charge in [-0.05, 0) is 19.1 Å². The number of phenols is 1. The Labute approximate surface area is 81.8 Å². The molecule has 2 N–H and O–H groups in total. The van der Waals surface area contributed by atoms with Crippen molar-refractivity contribution in [1.29, 1.82) is 0 Å². The maximum absolute atomic E-state index is 11.3. The number of benzene rings is 1. The largest absolute Gasteiger partial charge is 0.507 e.